The summed E-state index contributed by atoms with van der Waals surface area (Å²) in [5.74, 6) is -1.20. The minimum atomic E-state index is -4.80. The average Bonchev–Trinajstić information content (AvgIpc) is 2.71. The van der Waals surface area contributed by atoms with E-state index < -0.39 is 38.6 Å². The van der Waals surface area contributed by atoms with Crippen molar-refractivity contribution in [3.8, 4) is 0 Å². The maximum atomic E-state index is 13.2. The number of hydrogen-bond donors (Lipinski definition) is 2. The maximum Gasteiger partial charge on any atom is 0.417 e. The monoisotopic (exact) mass is 449 g/mol. The number of halogens is 3. The van der Waals surface area contributed by atoms with Crippen LogP contribution in [-0.4, -0.2) is 50.2 Å². The number of carbonyl (C=O) groups excluding carboxylic acids is 2. The van der Waals surface area contributed by atoms with Crippen LogP contribution < -0.4 is 10.6 Å². The van der Waals surface area contributed by atoms with Gasteiger partial charge in [0, 0.05) is 25.6 Å². The fourth-order valence-corrected chi connectivity index (χ4v) is 4.90. The van der Waals surface area contributed by atoms with Crippen molar-refractivity contribution in [2.24, 2.45) is 5.92 Å². The second-order valence-electron chi connectivity index (χ2n) is 7.19. The standard InChI is InChI=1S/C19H26F3N3O4S/c1-3-10-23-17(26)13(2)24-18(27)14-8-11-25(12-9-14)30(28,29)16-7-5-4-6-15(16)19(20,21)22/h4-7,13-14H,3,8-12H2,1-2H3,(H,23,26)(H,24,27). The summed E-state index contributed by atoms with van der Waals surface area (Å²) in [6, 6.07) is 3.32. The quantitative estimate of drug-likeness (QED) is 0.667. The Morgan fingerprint density at radius 2 is 1.80 bits per heavy atom. The summed E-state index contributed by atoms with van der Waals surface area (Å²) in [6.45, 7) is 3.79. The average molecular weight is 449 g/mol. The number of sulfonamides is 1. The molecule has 1 aliphatic heterocycles. The number of amides is 2. The molecule has 0 spiro atoms. The van der Waals surface area contributed by atoms with Gasteiger partial charge in [-0.05, 0) is 38.3 Å². The van der Waals surface area contributed by atoms with Gasteiger partial charge in [0.1, 0.15) is 6.04 Å². The van der Waals surface area contributed by atoms with Crippen LogP contribution in [0.15, 0.2) is 29.2 Å². The summed E-state index contributed by atoms with van der Waals surface area (Å²) < 4.78 is 66.1. The van der Waals surface area contributed by atoms with E-state index in [-0.39, 0.29) is 37.7 Å². The minimum absolute atomic E-state index is 0.0803. The van der Waals surface area contributed by atoms with Gasteiger partial charge in [-0.15, -0.1) is 0 Å². The molecule has 2 rings (SSSR count). The molecule has 2 amide bonds. The zero-order valence-corrected chi connectivity index (χ0v) is 17.6. The zero-order chi connectivity index (χ0) is 22.5. The molecular formula is C19H26F3N3O4S. The lowest BCUT2D eigenvalue weighted by Crippen LogP contribution is -2.49. The molecule has 30 heavy (non-hydrogen) atoms. The Morgan fingerprint density at radius 1 is 1.20 bits per heavy atom. The van der Waals surface area contributed by atoms with E-state index in [2.05, 4.69) is 10.6 Å². The lowest BCUT2D eigenvalue weighted by molar-refractivity contribution is -0.140. The molecule has 7 nitrogen and oxygen atoms in total. The Labute approximate surface area is 174 Å². The molecule has 1 aromatic rings. The lowest BCUT2D eigenvalue weighted by atomic mass is 9.97. The molecule has 0 bridgehead atoms. The molecule has 1 saturated heterocycles. The Kier molecular flexibility index (Phi) is 7.87. The van der Waals surface area contributed by atoms with E-state index in [9.17, 15) is 31.2 Å². The van der Waals surface area contributed by atoms with Crippen molar-refractivity contribution in [3.05, 3.63) is 29.8 Å². The van der Waals surface area contributed by atoms with Crippen LogP contribution in [0.5, 0.6) is 0 Å². The summed E-state index contributed by atoms with van der Waals surface area (Å²) in [4.78, 5) is 23.5. The molecular weight excluding hydrogens is 423 g/mol. The number of hydrogen-bond acceptors (Lipinski definition) is 4. The number of piperidine rings is 1. The van der Waals surface area contributed by atoms with Crippen LogP contribution in [0.1, 0.15) is 38.7 Å². The molecule has 2 N–H and O–H groups in total. The van der Waals surface area contributed by atoms with Crippen molar-refractivity contribution >= 4 is 21.8 Å². The van der Waals surface area contributed by atoms with Gasteiger partial charge in [0.15, 0.2) is 0 Å². The van der Waals surface area contributed by atoms with Crippen LogP contribution in [0, 0.1) is 5.92 Å². The fourth-order valence-electron chi connectivity index (χ4n) is 3.22. The highest BCUT2D eigenvalue weighted by molar-refractivity contribution is 7.89. The van der Waals surface area contributed by atoms with Crippen molar-refractivity contribution < 1.29 is 31.2 Å². The van der Waals surface area contributed by atoms with Crippen molar-refractivity contribution in [1.29, 1.82) is 0 Å². The number of nitrogens with zero attached hydrogens (tertiary/aromatic N) is 1. The van der Waals surface area contributed by atoms with Gasteiger partial charge in [-0.25, -0.2) is 8.42 Å². The summed E-state index contributed by atoms with van der Waals surface area (Å²) in [6.07, 6.45) is -3.72. The highest BCUT2D eigenvalue weighted by Gasteiger charge is 2.40. The van der Waals surface area contributed by atoms with Gasteiger partial charge in [0.25, 0.3) is 0 Å². The van der Waals surface area contributed by atoms with Crippen LogP contribution in [-0.2, 0) is 25.8 Å². The highest BCUT2D eigenvalue weighted by atomic mass is 32.2. The maximum absolute atomic E-state index is 13.2. The van der Waals surface area contributed by atoms with E-state index in [4.69, 9.17) is 0 Å². The molecule has 1 unspecified atom stereocenters. The van der Waals surface area contributed by atoms with Crippen LogP contribution in [0.4, 0.5) is 13.2 Å². The first kappa shape index (κ1) is 24.1. The SMILES string of the molecule is CCCNC(=O)C(C)NC(=O)C1CCN(S(=O)(=O)c2ccccc2C(F)(F)F)CC1. The van der Waals surface area contributed by atoms with Crippen molar-refractivity contribution in [1.82, 2.24) is 14.9 Å². The second kappa shape index (κ2) is 9.78. The molecule has 11 heteroatoms. The van der Waals surface area contributed by atoms with Gasteiger partial charge in [-0.1, -0.05) is 19.1 Å². The van der Waals surface area contributed by atoms with Crippen LogP contribution >= 0.6 is 0 Å². The van der Waals surface area contributed by atoms with E-state index >= 15 is 0 Å². The van der Waals surface area contributed by atoms with E-state index in [0.717, 1.165) is 28.9 Å². The van der Waals surface area contributed by atoms with Gasteiger partial charge in [0.2, 0.25) is 21.8 Å². The third kappa shape index (κ3) is 5.72. The van der Waals surface area contributed by atoms with Crippen LogP contribution in [0.3, 0.4) is 0 Å². The Hall–Kier alpha value is -2.14. The first-order valence-electron chi connectivity index (χ1n) is 9.73. The molecule has 0 saturated carbocycles. The first-order valence-corrected chi connectivity index (χ1v) is 11.2. The highest BCUT2D eigenvalue weighted by Crippen LogP contribution is 2.36. The van der Waals surface area contributed by atoms with Gasteiger partial charge in [-0.2, -0.15) is 17.5 Å². The normalized spacial score (nSPS) is 17.4. The largest absolute Gasteiger partial charge is 0.417 e. The van der Waals surface area contributed by atoms with Crippen molar-refractivity contribution in [2.45, 2.75) is 50.2 Å². The Balaban J connectivity index is 2.02. The molecule has 1 fully saturated rings. The molecule has 1 aliphatic rings. The number of alkyl halides is 3. The molecule has 0 aromatic heterocycles. The van der Waals surface area contributed by atoms with Crippen molar-refractivity contribution in [3.63, 3.8) is 0 Å². The molecule has 0 radical (unpaired) electrons. The number of rotatable bonds is 7. The van der Waals surface area contributed by atoms with Gasteiger partial charge >= 0.3 is 6.18 Å². The summed E-state index contributed by atoms with van der Waals surface area (Å²) in [7, 11) is -4.35. The van der Waals surface area contributed by atoms with Gasteiger partial charge in [-0.3, -0.25) is 9.59 Å². The first-order chi connectivity index (χ1) is 14.0. The Morgan fingerprint density at radius 3 is 2.37 bits per heavy atom. The molecule has 168 valence electrons. The predicted octanol–water partition coefficient (Wildman–Crippen LogP) is 2.14. The number of benzene rings is 1. The summed E-state index contributed by atoms with van der Waals surface area (Å²) in [5.41, 5.74) is -1.21. The second-order valence-corrected chi connectivity index (χ2v) is 9.10. The number of carbonyl (C=O) groups is 2. The third-order valence-corrected chi connectivity index (χ3v) is 6.89. The Bertz CT molecular complexity index is 866. The predicted molar refractivity (Wildman–Crippen MR) is 104 cm³/mol. The van der Waals surface area contributed by atoms with Gasteiger partial charge in [0.05, 0.1) is 10.5 Å². The zero-order valence-electron chi connectivity index (χ0n) is 16.8. The summed E-state index contributed by atoms with van der Waals surface area (Å²) in [5, 5.41) is 5.27. The molecule has 1 heterocycles. The molecule has 1 aromatic carbocycles. The molecule has 1 atom stereocenters. The summed E-state index contributed by atoms with van der Waals surface area (Å²) >= 11 is 0. The van der Waals surface area contributed by atoms with E-state index in [1.807, 2.05) is 6.92 Å². The minimum Gasteiger partial charge on any atom is -0.354 e. The molecule has 0 aliphatic carbocycles. The van der Waals surface area contributed by atoms with E-state index in [1.54, 1.807) is 6.92 Å². The number of nitrogens with one attached hydrogen (secondary N) is 2. The van der Waals surface area contributed by atoms with Gasteiger partial charge < -0.3 is 10.6 Å². The van der Waals surface area contributed by atoms with Crippen LogP contribution in [0.2, 0.25) is 0 Å². The lowest BCUT2D eigenvalue weighted by Gasteiger charge is -2.31. The van der Waals surface area contributed by atoms with E-state index in [0.29, 0.717) is 6.54 Å². The topological polar surface area (TPSA) is 95.6 Å². The van der Waals surface area contributed by atoms with Crippen LogP contribution in [0.25, 0.3) is 0 Å². The van der Waals surface area contributed by atoms with Crippen molar-refractivity contribution in [2.75, 3.05) is 19.6 Å². The fraction of sp³-hybridized carbons (Fsp3) is 0.579. The van der Waals surface area contributed by atoms with E-state index in [1.165, 1.54) is 6.07 Å². The third-order valence-electron chi connectivity index (χ3n) is 4.94. The smallest absolute Gasteiger partial charge is 0.354 e.